The van der Waals surface area contributed by atoms with Crippen LogP contribution in [0.25, 0.3) is 0 Å². The van der Waals surface area contributed by atoms with Gasteiger partial charge in [0, 0.05) is 24.8 Å². The summed E-state index contributed by atoms with van der Waals surface area (Å²) in [5.74, 6) is 0. The molecule has 7 heteroatoms. The molecule has 1 rings (SSSR count). The van der Waals surface area contributed by atoms with E-state index in [4.69, 9.17) is 21.7 Å². The smallest absolute Gasteiger partial charge is 0.188 e. The monoisotopic (exact) mass is 275 g/mol. The second kappa shape index (κ2) is 8.35. The van der Waals surface area contributed by atoms with E-state index in [1.807, 2.05) is 19.2 Å². The number of nitrogens with zero attached hydrogens (tertiary/aromatic N) is 1. The molecular weight excluding hydrogens is 258 g/mol. The van der Waals surface area contributed by atoms with Crippen LogP contribution in [0, 0.1) is 0 Å². The molecule has 0 unspecified atom stereocenters. The van der Waals surface area contributed by atoms with Crippen molar-refractivity contribution in [3.63, 3.8) is 0 Å². The van der Waals surface area contributed by atoms with Crippen LogP contribution < -0.4 is 10.6 Å². The van der Waals surface area contributed by atoms with Gasteiger partial charge in [0.1, 0.15) is 0 Å². The average molecular weight is 275 g/mol. The normalized spacial score (nSPS) is 10.5. The molecule has 0 saturated carbocycles. The Kier molecular flexibility index (Phi) is 7.02. The maximum atomic E-state index is 5.38. The van der Waals surface area contributed by atoms with Gasteiger partial charge in [0.15, 0.2) is 16.5 Å². The summed E-state index contributed by atoms with van der Waals surface area (Å²) < 4.78 is 10.8. The van der Waals surface area contributed by atoms with E-state index < -0.39 is 0 Å². The molecule has 0 aliphatic carbocycles. The summed E-state index contributed by atoms with van der Waals surface area (Å²) in [5, 5.41) is 9.18. The molecule has 0 saturated heterocycles. The van der Waals surface area contributed by atoms with E-state index in [0.717, 1.165) is 5.13 Å². The van der Waals surface area contributed by atoms with Gasteiger partial charge in [0.2, 0.25) is 0 Å². The van der Waals surface area contributed by atoms with E-state index in [2.05, 4.69) is 15.6 Å². The molecule has 0 aliphatic rings. The first-order valence-electron chi connectivity index (χ1n) is 5.43. The minimum atomic E-state index is -0.277. The number of ether oxygens (including phenoxy) is 2. The maximum absolute atomic E-state index is 5.38. The van der Waals surface area contributed by atoms with Gasteiger partial charge in [-0.25, -0.2) is 4.98 Å². The van der Waals surface area contributed by atoms with E-state index in [1.165, 1.54) is 11.3 Å². The number of hydrogen-bond acceptors (Lipinski definition) is 5. The minimum absolute atomic E-state index is 0.277. The quantitative estimate of drug-likeness (QED) is 0.585. The Morgan fingerprint density at radius 1 is 1.47 bits per heavy atom. The van der Waals surface area contributed by atoms with E-state index in [9.17, 15) is 0 Å². The lowest BCUT2D eigenvalue weighted by Crippen LogP contribution is -2.37. The SMILES string of the molecule is CCOC(CNC(=S)Nc1nccs1)OCC. The van der Waals surface area contributed by atoms with Gasteiger partial charge in [-0.05, 0) is 26.1 Å². The number of thiazole rings is 1. The highest BCUT2D eigenvalue weighted by Gasteiger charge is 2.08. The third kappa shape index (κ3) is 5.92. The molecule has 0 radical (unpaired) electrons. The Labute approximate surface area is 111 Å². The lowest BCUT2D eigenvalue weighted by Gasteiger charge is -2.18. The number of hydrogen-bond donors (Lipinski definition) is 2. The van der Waals surface area contributed by atoms with Crippen molar-refractivity contribution in [1.82, 2.24) is 10.3 Å². The van der Waals surface area contributed by atoms with Crippen LogP contribution in [0.1, 0.15) is 13.8 Å². The first kappa shape index (κ1) is 14.3. The second-order valence-corrected chi connectivity index (χ2v) is 4.32. The minimum Gasteiger partial charge on any atom is -0.357 e. The number of aromatic nitrogens is 1. The van der Waals surface area contributed by atoms with E-state index >= 15 is 0 Å². The Bertz CT molecular complexity index is 313. The summed E-state index contributed by atoms with van der Waals surface area (Å²) in [6.07, 6.45) is 1.44. The van der Waals surface area contributed by atoms with Crippen molar-refractivity contribution in [2.24, 2.45) is 0 Å². The molecule has 0 bridgehead atoms. The molecular formula is C10H17N3O2S2. The van der Waals surface area contributed by atoms with Crippen molar-refractivity contribution < 1.29 is 9.47 Å². The Hall–Kier alpha value is -0.760. The van der Waals surface area contributed by atoms with Crippen LogP contribution in [0.2, 0.25) is 0 Å². The van der Waals surface area contributed by atoms with E-state index in [-0.39, 0.29) is 6.29 Å². The molecule has 0 aromatic carbocycles. The summed E-state index contributed by atoms with van der Waals surface area (Å²) in [6, 6.07) is 0. The fraction of sp³-hybridized carbons (Fsp3) is 0.600. The largest absolute Gasteiger partial charge is 0.357 e. The third-order valence-corrected chi connectivity index (χ3v) is 2.72. The highest BCUT2D eigenvalue weighted by atomic mass is 32.1. The molecule has 1 aromatic heterocycles. The van der Waals surface area contributed by atoms with Crippen LogP contribution >= 0.6 is 23.6 Å². The number of nitrogens with one attached hydrogen (secondary N) is 2. The summed E-state index contributed by atoms with van der Waals surface area (Å²) in [7, 11) is 0. The van der Waals surface area contributed by atoms with Crippen molar-refractivity contribution in [3.05, 3.63) is 11.6 Å². The second-order valence-electron chi connectivity index (χ2n) is 3.01. The summed E-state index contributed by atoms with van der Waals surface area (Å²) in [6.45, 7) is 5.59. The third-order valence-electron chi connectivity index (χ3n) is 1.79. The van der Waals surface area contributed by atoms with Crippen molar-refractivity contribution >= 4 is 33.8 Å². The van der Waals surface area contributed by atoms with Gasteiger partial charge < -0.3 is 20.1 Å². The first-order valence-corrected chi connectivity index (χ1v) is 6.72. The van der Waals surface area contributed by atoms with E-state index in [1.54, 1.807) is 6.20 Å². The molecule has 96 valence electrons. The van der Waals surface area contributed by atoms with Gasteiger partial charge in [-0.3, -0.25) is 0 Å². The van der Waals surface area contributed by atoms with Gasteiger partial charge in [-0.2, -0.15) is 0 Å². The summed E-state index contributed by atoms with van der Waals surface area (Å²) in [4.78, 5) is 4.07. The highest BCUT2D eigenvalue weighted by molar-refractivity contribution is 7.80. The fourth-order valence-corrected chi connectivity index (χ4v) is 1.92. The highest BCUT2D eigenvalue weighted by Crippen LogP contribution is 2.09. The molecule has 0 amide bonds. The molecule has 0 atom stereocenters. The van der Waals surface area contributed by atoms with Crippen molar-refractivity contribution in [2.75, 3.05) is 25.1 Å². The van der Waals surface area contributed by atoms with Gasteiger partial charge >= 0.3 is 0 Å². The van der Waals surface area contributed by atoms with Gasteiger partial charge in [0.05, 0.1) is 6.54 Å². The maximum Gasteiger partial charge on any atom is 0.188 e. The molecule has 17 heavy (non-hydrogen) atoms. The van der Waals surface area contributed by atoms with Crippen LogP contribution in [0.3, 0.4) is 0 Å². The summed E-state index contributed by atoms with van der Waals surface area (Å²) in [5.41, 5.74) is 0. The molecule has 1 heterocycles. The van der Waals surface area contributed by atoms with Crippen molar-refractivity contribution in [1.29, 1.82) is 0 Å². The zero-order valence-corrected chi connectivity index (χ0v) is 11.6. The van der Waals surface area contributed by atoms with Gasteiger partial charge in [-0.1, -0.05) is 0 Å². The van der Waals surface area contributed by atoms with Crippen LogP contribution in [-0.4, -0.2) is 36.1 Å². The molecule has 1 aromatic rings. The van der Waals surface area contributed by atoms with Crippen LogP contribution in [0.5, 0.6) is 0 Å². The molecule has 2 N–H and O–H groups in total. The Morgan fingerprint density at radius 3 is 2.71 bits per heavy atom. The zero-order valence-electron chi connectivity index (χ0n) is 9.93. The lowest BCUT2D eigenvalue weighted by molar-refractivity contribution is -0.130. The number of thiocarbonyl (C=S) groups is 1. The molecule has 0 spiro atoms. The van der Waals surface area contributed by atoms with Crippen LogP contribution in [0.4, 0.5) is 5.13 Å². The lowest BCUT2D eigenvalue weighted by atomic mass is 10.6. The van der Waals surface area contributed by atoms with Crippen LogP contribution in [0.15, 0.2) is 11.6 Å². The predicted molar refractivity (Wildman–Crippen MR) is 73.4 cm³/mol. The zero-order chi connectivity index (χ0) is 12.5. The first-order chi connectivity index (χ1) is 8.26. The van der Waals surface area contributed by atoms with Crippen molar-refractivity contribution in [2.45, 2.75) is 20.1 Å². The van der Waals surface area contributed by atoms with Gasteiger partial charge in [0.25, 0.3) is 0 Å². The molecule has 0 fully saturated rings. The predicted octanol–water partition coefficient (Wildman–Crippen LogP) is 1.83. The van der Waals surface area contributed by atoms with E-state index in [0.29, 0.717) is 24.9 Å². The Morgan fingerprint density at radius 2 is 2.18 bits per heavy atom. The standard InChI is InChI=1S/C10H17N3O2S2/c1-3-14-8(15-4-2)7-12-9(16)13-10-11-5-6-17-10/h5-6,8H,3-4,7H2,1-2H3,(H2,11,12,13,16). The Balaban J connectivity index is 2.25. The van der Waals surface area contributed by atoms with Crippen LogP contribution in [-0.2, 0) is 9.47 Å². The summed E-state index contributed by atoms with van der Waals surface area (Å²) >= 11 is 6.62. The topological polar surface area (TPSA) is 55.4 Å². The number of rotatable bonds is 7. The van der Waals surface area contributed by atoms with Gasteiger partial charge in [-0.15, -0.1) is 11.3 Å². The fourth-order valence-electron chi connectivity index (χ4n) is 1.14. The van der Waals surface area contributed by atoms with Crippen molar-refractivity contribution in [3.8, 4) is 0 Å². The molecule has 0 aliphatic heterocycles. The molecule has 5 nitrogen and oxygen atoms in total. The average Bonchev–Trinajstić information content (AvgIpc) is 2.79. The number of anilines is 1.